The quantitative estimate of drug-likeness (QED) is 0.801. The summed E-state index contributed by atoms with van der Waals surface area (Å²) in [5.41, 5.74) is 1.10. The molecular weight excluding hydrogens is 325 g/mol. The third-order valence-corrected chi connectivity index (χ3v) is 4.03. The Bertz CT molecular complexity index is 514. The van der Waals surface area contributed by atoms with Crippen molar-refractivity contribution in [2.75, 3.05) is 19.6 Å². The van der Waals surface area contributed by atoms with E-state index in [-0.39, 0.29) is 0 Å². The largest absolute Gasteiger partial charge is 0.301 e. The van der Waals surface area contributed by atoms with Crippen molar-refractivity contribution in [2.45, 2.75) is 19.4 Å². The number of aromatic nitrogens is 2. The molecule has 0 spiro atoms. The van der Waals surface area contributed by atoms with Crippen LogP contribution < -0.4 is 0 Å². The summed E-state index contributed by atoms with van der Waals surface area (Å²) >= 11 is 2.34. The van der Waals surface area contributed by atoms with E-state index in [1.165, 1.54) is 34.9 Å². The molecule has 3 nitrogen and oxygen atoms in total. The van der Waals surface area contributed by atoms with Gasteiger partial charge in [0.1, 0.15) is 0 Å². The Labute approximate surface area is 115 Å². The molecule has 0 bridgehead atoms. The van der Waals surface area contributed by atoms with Gasteiger partial charge >= 0.3 is 0 Å². The monoisotopic (exact) mass is 341 g/mol. The highest BCUT2D eigenvalue weighted by atomic mass is 127. The van der Waals surface area contributed by atoms with Gasteiger partial charge in [-0.15, -0.1) is 0 Å². The van der Waals surface area contributed by atoms with Gasteiger partial charge in [-0.1, -0.05) is 0 Å². The topological polar surface area (TPSA) is 21.1 Å². The van der Waals surface area contributed by atoms with Gasteiger partial charge in [-0.05, 0) is 66.7 Å². The van der Waals surface area contributed by atoms with Gasteiger partial charge in [0.25, 0.3) is 0 Å². The molecule has 1 aromatic heterocycles. The van der Waals surface area contributed by atoms with Crippen LogP contribution in [0.4, 0.5) is 0 Å². The SMILES string of the molecule is Ic1ccc2nn(CCN3CCCC3)cc2c1. The molecule has 17 heavy (non-hydrogen) atoms. The molecule has 0 aliphatic carbocycles. The summed E-state index contributed by atoms with van der Waals surface area (Å²) in [5.74, 6) is 0. The number of halogens is 1. The molecule has 4 heteroatoms. The van der Waals surface area contributed by atoms with Gasteiger partial charge in [-0.2, -0.15) is 5.10 Å². The molecule has 0 saturated carbocycles. The first-order valence-electron chi connectivity index (χ1n) is 6.16. The van der Waals surface area contributed by atoms with Crippen molar-refractivity contribution >= 4 is 33.5 Å². The standard InChI is InChI=1S/C13H16IN3/c14-12-3-4-13-11(9-12)10-17(15-13)8-7-16-5-1-2-6-16/h3-4,9-10H,1-2,5-8H2. The zero-order valence-corrected chi connectivity index (χ0v) is 11.9. The van der Waals surface area contributed by atoms with E-state index in [1.54, 1.807) is 0 Å². The zero-order valence-electron chi connectivity index (χ0n) is 9.77. The maximum absolute atomic E-state index is 4.60. The molecule has 2 aromatic rings. The lowest BCUT2D eigenvalue weighted by Gasteiger charge is -2.13. The number of fused-ring (bicyclic) bond motifs is 1. The highest BCUT2D eigenvalue weighted by Crippen LogP contribution is 2.16. The summed E-state index contributed by atoms with van der Waals surface area (Å²) in [7, 11) is 0. The minimum absolute atomic E-state index is 1.01. The van der Waals surface area contributed by atoms with Crippen LogP contribution in [0.25, 0.3) is 10.9 Å². The van der Waals surface area contributed by atoms with Gasteiger partial charge in [0, 0.05) is 21.7 Å². The van der Waals surface area contributed by atoms with Crippen LogP contribution in [0.15, 0.2) is 24.4 Å². The Hall–Kier alpha value is -0.620. The van der Waals surface area contributed by atoms with Gasteiger partial charge in [0.05, 0.1) is 12.1 Å². The van der Waals surface area contributed by atoms with Gasteiger partial charge in [-0.3, -0.25) is 4.68 Å². The third-order valence-electron chi connectivity index (χ3n) is 3.36. The van der Waals surface area contributed by atoms with Crippen LogP contribution in [-0.2, 0) is 6.54 Å². The Morgan fingerprint density at radius 1 is 1.18 bits per heavy atom. The normalized spacial score (nSPS) is 17.0. The van der Waals surface area contributed by atoms with Crippen LogP contribution >= 0.6 is 22.6 Å². The summed E-state index contributed by atoms with van der Waals surface area (Å²) < 4.78 is 3.35. The molecule has 1 aromatic carbocycles. The molecule has 1 aliphatic heterocycles. The molecule has 1 aliphatic rings. The molecule has 0 atom stereocenters. The van der Waals surface area contributed by atoms with E-state index in [0.29, 0.717) is 0 Å². The van der Waals surface area contributed by atoms with Crippen molar-refractivity contribution in [2.24, 2.45) is 0 Å². The molecule has 0 N–H and O–H groups in total. The van der Waals surface area contributed by atoms with Crippen molar-refractivity contribution in [3.05, 3.63) is 28.0 Å². The summed E-state index contributed by atoms with van der Waals surface area (Å²) in [6, 6.07) is 6.40. The molecule has 0 amide bonds. The minimum atomic E-state index is 1.01. The third kappa shape index (κ3) is 2.63. The predicted molar refractivity (Wildman–Crippen MR) is 78.1 cm³/mol. The van der Waals surface area contributed by atoms with E-state index in [2.05, 4.69) is 61.7 Å². The van der Waals surface area contributed by atoms with Crippen LogP contribution in [0.1, 0.15) is 12.8 Å². The second-order valence-electron chi connectivity index (χ2n) is 4.64. The maximum Gasteiger partial charge on any atom is 0.0924 e. The van der Waals surface area contributed by atoms with Crippen molar-refractivity contribution in [3.8, 4) is 0 Å². The molecular formula is C13H16IN3. The van der Waals surface area contributed by atoms with Crippen LogP contribution in [0.3, 0.4) is 0 Å². The zero-order chi connectivity index (χ0) is 11.7. The second kappa shape index (κ2) is 4.94. The molecule has 1 saturated heterocycles. The lowest BCUT2D eigenvalue weighted by molar-refractivity contribution is 0.316. The Kier molecular flexibility index (Phi) is 3.33. The average molecular weight is 341 g/mol. The number of hydrogen-bond donors (Lipinski definition) is 0. The molecule has 0 radical (unpaired) electrons. The molecule has 3 rings (SSSR count). The highest BCUT2D eigenvalue weighted by molar-refractivity contribution is 14.1. The van der Waals surface area contributed by atoms with E-state index in [9.17, 15) is 0 Å². The second-order valence-corrected chi connectivity index (χ2v) is 5.89. The van der Waals surface area contributed by atoms with Crippen molar-refractivity contribution < 1.29 is 0 Å². The first-order valence-corrected chi connectivity index (χ1v) is 7.24. The van der Waals surface area contributed by atoms with Crippen LogP contribution in [-0.4, -0.2) is 34.3 Å². The number of likely N-dealkylation sites (tertiary alicyclic amines) is 1. The van der Waals surface area contributed by atoms with Gasteiger partial charge in [-0.25, -0.2) is 0 Å². The fourth-order valence-corrected chi connectivity index (χ4v) is 2.93. The fourth-order valence-electron chi connectivity index (χ4n) is 2.41. The Balaban J connectivity index is 1.72. The van der Waals surface area contributed by atoms with E-state index in [0.717, 1.165) is 18.6 Å². The summed E-state index contributed by atoms with van der Waals surface area (Å²) in [6.45, 7) is 4.66. The Morgan fingerprint density at radius 2 is 2.00 bits per heavy atom. The molecule has 2 heterocycles. The lowest BCUT2D eigenvalue weighted by atomic mass is 10.3. The van der Waals surface area contributed by atoms with E-state index >= 15 is 0 Å². The van der Waals surface area contributed by atoms with Crippen LogP contribution in [0.2, 0.25) is 0 Å². The predicted octanol–water partition coefficient (Wildman–Crippen LogP) is 2.74. The number of hydrogen-bond acceptors (Lipinski definition) is 2. The summed E-state index contributed by atoms with van der Waals surface area (Å²) in [4.78, 5) is 2.52. The summed E-state index contributed by atoms with van der Waals surface area (Å²) in [5, 5.41) is 5.85. The van der Waals surface area contributed by atoms with Gasteiger partial charge in [0.15, 0.2) is 0 Å². The Morgan fingerprint density at radius 3 is 2.82 bits per heavy atom. The molecule has 90 valence electrons. The summed E-state index contributed by atoms with van der Waals surface area (Å²) in [6.07, 6.45) is 4.88. The first-order chi connectivity index (χ1) is 8.31. The van der Waals surface area contributed by atoms with E-state index in [1.807, 2.05) is 0 Å². The van der Waals surface area contributed by atoms with Gasteiger partial charge < -0.3 is 4.90 Å². The van der Waals surface area contributed by atoms with Crippen molar-refractivity contribution in [1.82, 2.24) is 14.7 Å². The number of rotatable bonds is 3. The molecule has 1 fully saturated rings. The molecule has 0 unspecified atom stereocenters. The lowest BCUT2D eigenvalue weighted by Crippen LogP contribution is -2.24. The van der Waals surface area contributed by atoms with Crippen LogP contribution in [0, 0.1) is 3.57 Å². The van der Waals surface area contributed by atoms with E-state index in [4.69, 9.17) is 0 Å². The van der Waals surface area contributed by atoms with Crippen molar-refractivity contribution in [1.29, 1.82) is 0 Å². The maximum atomic E-state index is 4.60. The number of benzene rings is 1. The average Bonchev–Trinajstić information content (AvgIpc) is 2.94. The van der Waals surface area contributed by atoms with Gasteiger partial charge in [0.2, 0.25) is 0 Å². The highest BCUT2D eigenvalue weighted by Gasteiger charge is 2.11. The van der Waals surface area contributed by atoms with Crippen LogP contribution in [0.5, 0.6) is 0 Å². The first kappa shape index (κ1) is 11.5. The van der Waals surface area contributed by atoms with Crippen molar-refractivity contribution in [3.63, 3.8) is 0 Å². The van der Waals surface area contributed by atoms with E-state index < -0.39 is 0 Å². The number of nitrogens with zero attached hydrogens (tertiary/aromatic N) is 3. The minimum Gasteiger partial charge on any atom is -0.301 e. The fraction of sp³-hybridized carbons (Fsp3) is 0.462. The smallest absolute Gasteiger partial charge is 0.0924 e.